The largest absolute Gasteiger partial charge is 0.370 e. The van der Waals surface area contributed by atoms with E-state index >= 15 is 0 Å². The first-order valence-electron chi connectivity index (χ1n) is 12.1. The highest BCUT2D eigenvalue weighted by Gasteiger charge is 2.30. The molecule has 3 rings (SSSR count). The molecule has 0 amide bonds. The van der Waals surface area contributed by atoms with Crippen LogP contribution in [-0.4, -0.2) is 71.9 Å². The fourth-order valence-corrected chi connectivity index (χ4v) is 5.09. The predicted molar refractivity (Wildman–Crippen MR) is 133 cm³/mol. The van der Waals surface area contributed by atoms with Crippen molar-refractivity contribution < 1.29 is 0 Å². The standard InChI is InChI=1S/C23H44N6.H2S/c1-4-18(2)16-28-14-13-27(23(28)25)12-6-5-7-21-15-26-22(24)29(21)17-20-10-8-19(3)9-11-20;/h18-21,25H,4-17H2,1-3H3,(H2,24,26);1H2/t18?,19?,20?,21-;/m0./s1. The van der Waals surface area contributed by atoms with Gasteiger partial charge in [0.1, 0.15) is 0 Å². The van der Waals surface area contributed by atoms with Gasteiger partial charge in [-0.3, -0.25) is 10.4 Å². The lowest BCUT2D eigenvalue weighted by molar-refractivity contribution is 0.211. The lowest BCUT2D eigenvalue weighted by atomic mass is 9.82. The quantitative estimate of drug-likeness (QED) is 0.510. The molecule has 2 fully saturated rings. The number of nitrogens with one attached hydrogen (secondary N) is 1. The number of aliphatic imine (C=N–C) groups is 1. The van der Waals surface area contributed by atoms with Crippen LogP contribution in [0.5, 0.6) is 0 Å². The van der Waals surface area contributed by atoms with E-state index in [4.69, 9.17) is 11.1 Å². The van der Waals surface area contributed by atoms with Crippen LogP contribution < -0.4 is 5.73 Å². The zero-order valence-corrected chi connectivity index (χ0v) is 20.6. The minimum Gasteiger partial charge on any atom is -0.370 e. The number of guanidine groups is 2. The van der Waals surface area contributed by atoms with Crippen molar-refractivity contribution in [2.24, 2.45) is 28.5 Å². The number of hydrogen-bond donors (Lipinski definition) is 2. The van der Waals surface area contributed by atoms with E-state index in [2.05, 4.69) is 40.5 Å². The SMILES string of the molecule is CCC(C)CN1CCN(CCCC[C@H]2CN=C(N)N2CC2CCC(C)CC2)C1=N.S. The van der Waals surface area contributed by atoms with Crippen molar-refractivity contribution in [2.75, 3.05) is 39.3 Å². The Hall–Kier alpha value is -1.11. The lowest BCUT2D eigenvalue weighted by Crippen LogP contribution is -2.44. The molecule has 3 aliphatic rings. The van der Waals surface area contributed by atoms with Gasteiger partial charge in [-0.15, -0.1) is 0 Å². The summed E-state index contributed by atoms with van der Waals surface area (Å²) in [6.45, 7) is 13.0. The van der Waals surface area contributed by atoms with E-state index in [-0.39, 0.29) is 13.5 Å². The minimum absolute atomic E-state index is 0. The van der Waals surface area contributed by atoms with Crippen LogP contribution in [0.4, 0.5) is 0 Å². The summed E-state index contributed by atoms with van der Waals surface area (Å²) >= 11 is 0. The summed E-state index contributed by atoms with van der Waals surface area (Å²) in [5.74, 6) is 3.88. The second-order valence-corrected chi connectivity index (χ2v) is 9.90. The summed E-state index contributed by atoms with van der Waals surface area (Å²) in [6.07, 6.45) is 10.2. The molecule has 7 heteroatoms. The van der Waals surface area contributed by atoms with Gasteiger partial charge in [-0.1, -0.05) is 40.0 Å². The summed E-state index contributed by atoms with van der Waals surface area (Å²) in [5, 5.41) is 8.46. The van der Waals surface area contributed by atoms with Gasteiger partial charge in [0.15, 0.2) is 11.9 Å². The molecule has 0 bridgehead atoms. The highest BCUT2D eigenvalue weighted by atomic mass is 32.1. The van der Waals surface area contributed by atoms with E-state index in [1.165, 1.54) is 44.9 Å². The average Bonchev–Trinajstić information content (AvgIpc) is 3.24. The Labute approximate surface area is 191 Å². The van der Waals surface area contributed by atoms with Crippen LogP contribution in [0.15, 0.2) is 4.99 Å². The van der Waals surface area contributed by atoms with Crippen molar-refractivity contribution in [1.29, 1.82) is 5.41 Å². The highest BCUT2D eigenvalue weighted by molar-refractivity contribution is 7.59. The van der Waals surface area contributed by atoms with Crippen LogP contribution in [0.2, 0.25) is 0 Å². The number of nitrogens with zero attached hydrogens (tertiary/aromatic N) is 4. The van der Waals surface area contributed by atoms with Gasteiger partial charge in [0.2, 0.25) is 0 Å². The maximum atomic E-state index is 8.46. The Bertz CT molecular complexity index is 560. The molecule has 1 saturated carbocycles. The molecule has 0 spiro atoms. The van der Waals surface area contributed by atoms with Crippen LogP contribution in [0, 0.1) is 23.2 Å². The van der Waals surface area contributed by atoms with Crippen LogP contribution in [0.3, 0.4) is 0 Å². The minimum atomic E-state index is 0. The fourth-order valence-electron chi connectivity index (χ4n) is 5.09. The van der Waals surface area contributed by atoms with Crippen molar-refractivity contribution in [3.05, 3.63) is 0 Å². The summed E-state index contributed by atoms with van der Waals surface area (Å²) < 4.78 is 0. The topological polar surface area (TPSA) is 72.0 Å². The first kappa shape index (κ1) is 25.2. The van der Waals surface area contributed by atoms with Gasteiger partial charge in [-0.25, -0.2) is 0 Å². The van der Waals surface area contributed by atoms with Crippen molar-refractivity contribution in [1.82, 2.24) is 14.7 Å². The molecule has 0 aromatic rings. The summed E-state index contributed by atoms with van der Waals surface area (Å²) in [4.78, 5) is 11.5. The Balaban J connectivity index is 0.00000320. The van der Waals surface area contributed by atoms with Gasteiger partial charge >= 0.3 is 0 Å². The van der Waals surface area contributed by atoms with Crippen molar-refractivity contribution >= 4 is 25.4 Å². The van der Waals surface area contributed by atoms with Crippen LogP contribution in [-0.2, 0) is 0 Å². The smallest absolute Gasteiger partial charge is 0.193 e. The third-order valence-electron chi connectivity index (χ3n) is 7.47. The Kier molecular flexibility index (Phi) is 10.1. The van der Waals surface area contributed by atoms with Gasteiger partial charge in [0.25, 0.3) is 0 Å². The maximum Gasteiger partial charge on any atom is 0.193 e. The van der Waals surface area contributed by atoms with E-state index in [0.29, 0.717) is 12.0 Å². The molecule has 3 N–H and O–H groups in total. The highest BCUT2D eigenvalue weighted by Crippen LogP contribution is 2.30. The van der Waals surface area contributed by atoms with Crippen LogP contribution in [0.1, 0.15) is 72.1 Å². The molecule has 6 nitrogen and oxygen atoms in total. The first-order chi connectivity index (χ1) is 14.0. The third-order valence-corrected chi connectivity index (χ3v) is 7.47. The van der Waals surface area contributed by atoms with E-state index in [1.54, 1.807) is 0 Å². The molecular weight excluding hydrogens is 392 g/mol. The van der Waals surface area contributed by atoms with Crippen LogP contribution >= 0.6 is 13.5 Å². The van der Waals surface area contributed by atoms with Crippen molar-refractivity contribution in [2.45, 2.75) is 78.2 Å². The number of nitrogens with two attached hydrogens (primary N) is 1. The molecule has 0 radical (unpaired) electrons. The first-order valence-corrected chi connectivity index (χ1v) is 12.1. The number of rotatable bonds is 10. The Morgan fingerprint density at radius 1 is 1.13 bits per heavy atom. The molecular formula is C23H46N6S. The normalized spacial score (nSPS) is 28.0. The van der Waals surface area contributed by atoms with E-state index in [9.17, 15) is 0 Å². The molecule has 0 aromatic heterocycles. The molecule has 2 atom stereocenters. The van der Waals surface area contributed by atoms with Gasteiger partial charge < -0.3 is 20.4 Å². The van der Waals surface area contributed by atoms with Gasteiger partial charge in [-0.2, -0.15) is 13.5 Å². The summed E-state index contributed by atoms with van der Waals surface area (Å²) in [7, 11) is 0. The monoisotopic (exact) mass is 438 g/mol. The van der Waals surface area contributed by atoms with Gasteiger partial charge in [-0.05, 0) is 49.9 Å². The summed E-state index contributed by atoms with van der Waals surface area (Å²) in [5.41, 5.74) is 6.24. The second kappa shape index (κ2) is 12.1. The zero-order chi connectivity index (χ0) is 20.8. The summed E-state index contributed by atoms with van der Waals surface area (Å²) in [6, 6.07) is 0.495. The Morgan fingerprint density at radius 2 is 1.83 bits per heavy atom. The predicted octanol–water partition coefficient (Wildman–Crippen LogP) is 3.69. The number of hydrogen-bond acceptors (Lipinski definition) is 4. The second-order valence-electron chi connectivity index (χ2n) is 9.90. The lowest BCUT2D eigenvalue weighted by Gasteiger charge is -2.33. The molecule has 2 aliphatic heterocycles. The van der Waals surface area contributed by atoms with Crippen molar-refractivity contribution in [3.63, 3.8) is 0 Å². The van der Waals surface area contributed by atoms with Gasteiger partial charge in [0, 0.05) is 32.7 Å². The Morgan fingerprint density at radius 3 is 2.53 bits per heavy atom. The zero-order valence-electron chi connectivity index (χ0n) is 19.6. The molecule has 30 heavy (non-hydrogen) atoms. The molecule has 1 saturated heterocycles. The van der Waals surface area contributed by atoms with Gasteiger partial charge in [0.05, 0.1) is 12.6 Å². The maximum absolute atomic E-state index is 8.46. The van der Waals surface area contributed by atoms with Crippen molar-refractivity contribution in [3.8, 4) is 0 Å². The number of unbranched alkanes of at least 4 members (excludes halogenated alkanes) is 1. The average molecular weight is 439 g/mol. The third kappa shape index (κ3) is 6.69. The molecule has 1 unspecified atom stereocenters. The van der Waals surface area contributed by atoms with E-state index in [1.807, 2.05) is 0 Å². The molecule has 174 valence electrons. The van der Waals surface area contributed by atoms with Crippen LogP contribution in [0.25, 0.3) is 0 Å². The molecule has 2 heterocycles. The van der Waals surface area contributed by atoms with E-state index in [0.717, 1.165) is 69.4 Å². The fraction of sp³-hybridized carbons (Fsp3) is 0.913. The van der Waals surface area contributed by atoms with E-state index < -0.39 is 0 Å². The molecule has 0 aromatic carbocycles. The molecule has 1 aliphatic carbocycles.